The maximum Gasteiger partial charge on any atom is 0.353 e. The highest BCUT2D eigenvalue weighted by molar-refractivity contribution is 5.92. The van der Waals surface area contributed by atoms with Crippen molar-refractivity contribution in [3.05, 3.63) is 41.8 Å². The summed E-state index contributed by atoms with van der Waals surface area (Å²) in [6.07, 6.45) is -0.0242. The first kappa shape index (κ1) is 14.5. The smallest absolute Gasteiger partial charge is 0.353 e. The third-order valence-electron chi connectivity index (χ3n) is 2.50. The Bertz CT molecular complexity index is 656. The number of aromatic carboxylic acids is 1. The zero-order valence-electron chi connectivity index (χ0n) is 10.8. The summed E-state index contributed by atoms with van der Waals surface area (Å²) in [5.74, 6) is -1.93. The fourth-order valence-electron chi connectivity index (χ4n) is 1.52. The van der Waals surface area contributed by atoms with Gasteiger partial charge in [0.1, 0.15) is 5.69 Å². The summed E-state index contributed by atoms with van der Waals surface area (Å²) in [6.45, 7) is -0.0109. The average Bonchev–Trinajstić information content (AvgIpc) is 2.89. The molecule has 0 fully saturated rings. The van der Waals surface area contributed by atoms with Gasteiger partial charge in [-0.05, 0) is 12.1 Å². The maximum absolute atomic E-state index is 13.2. The van der Waals surface area contributed by atoms with E-state index in [1.165, 1.54) is 24.3 Å². The molecule has 1 aromatic heterocycles. The molecule has 8 heteroatoms. The summed E-state index contributed by atoms with van der Waals surface area (Å²) in [6, 6.07) is 7.06. The Kier molecular flexibility index (Phi) is 4.50. The number of halogens is 1. The van der Waals surface area contributed by atoms with Crippen molar-refractivity contribution >= 4 is 17.7 Å². The molecule has 110 valence electrons. The number of carboxylic acid groups (broad SMARTS) is 1. The van der Waals surface area contributed by atoms with Gasteiger partial charge in [0.2, 0.25) is 5.91 Å². The lowest BCUT2D eigenvalue weighted by molar-refractivity contribution is -0.116. The summed E-state index contributed by atoms with van der Waals surface area (Å²) < 4.78 is 18.4. The van der Waals surface area contributed by atoms with E-state index >= 15 is 0 Å². The van der Waals surface area contributed by atoms with E-state index in [2.05, 4.69) is 15.5 Å². The van der Waals surface area contributed by atoms with Crippen molar-refractivity contribution in [1.82, 2.24) is 10.2 Å². The molecule has 0 aliphatic carbocycles. The van der Waals surface area contributed by atoms with Crippen molar-refractivity contribution in [2.45, 2.75) is 6.42 Å². The number of anilines is 1. The maximum atomic E-state index is 13.2. The summed E-state index contributed by atoms with van der Waals surface area (Å²) >= 11 is 0. The molecule has 0 atom stereocenters. The van der Waals surface area contributed by atoms with Crippen LogP contribution in [0.3, 0.4) is 0 Å². The largest absolute Gasteiger partial charge is 0.490 e. The molecule has 3 N–H and O–H groups in total. The van der Waals surface area contributed by atoms with Gasteiger partial charge < -0.3 is 15.2 Å². The van der Waals surface area contributed by atoms with Crippen LogP contribution in [0.4, 0.5) is 10.2 Å². The van der Waals surface area contributed by atoms with E-state index < -0.39 is 17.7 Å². The zero-order valence-corrected chi connectivity index (χ0v) is 10.8. The Morgan fingerprint density at radius 2 is 2.14 bits per heavy atom. The molecule has 21 heavy (non-hydrogen) atoms. The van der Waals surface area contributed by atoms with Crippen LogP contribution in [-0.4, -0.2) is 33.8 Å². The first-order valence-corrected chi connectivity index (χ1v) is 6.02. The number of carbonyl (C=O) groups excluding carboxylic acids is 1. The van der Waals surface area contributed by atoms with Crippen molar-refractivity contribution in [3.63, 3.8) is 0 Å². The monoisotopic (exact) mass is 293 g/mol. The highest BCUT2D eigenvalue weighted by atomic mass is 19.1. The van der Waals surface area contributed by atoms with Gasteiger partial charge in [0.15, 0.2) is 17.4 Å². The van der Waals surface area contributed by atoms with Crippen LogP contribution in [-0.2, 0) is 4.79 Å². The van der Waals surface area contributed by atoms with Gasteiger partial charge in [-0.3, -0.25) is 9.89 Å². The summed E-state index contributed by atoms with van der Waals surface area (Å²) in [5.41, 5.74) is -0.132. The van der Waals surface area contributed by atoms with Gasteiger partial charge in [-0.1, -0.05) is 12.1 Å². The number of ether oxygens (including phenoxy) is 1. The molecule has 0 aliphatic heterocycles. The van der Waals surface area contributed by atoms with Gasteiger partial charge in [-0.2, -0.15) is 5.10 Å². The Labute approximate surface area is 118 Å². The number of hydrogen-bond donors (Lipinski definition) is 3. The molecule has 0 unspecified atom stereocenters. The SMILES string of the molecule is O=C(CCOc1ccccc1F)Nc1cc(C(=O)O)[nH]n1. The number of amides is 1. The van der Waals surface area contributed by atoms with Crippen molar-refractivity contribution < 1.29 is 23.8 Å². The van der Waals surface area contributed by atoms with E-state index in [4.69, 9.17) is 9.84 Å². The summed E-state index contributed by atoms with van der Waals surface area (Å²) in [4.78, 5) is 22.2. The fraction of sp³-hybridized carbons (Fsp3) is 0.154. The topological polar surface area (TPSA) is 104 Å². The van der Waals surface area contributed by atoms with Crippen LogP contribution in [0, 0.1) is 5.82 Å². The molecule has 0 aliphatic rings. The van der Waals surface area contributed by atoms with E-state index in [1.54, 1.807) is 6.07 Å². The van der Waals surface area contributed by atoms with Crippen LogP contribution in [0.5, 0.6) is 5.75 Å². The molecule has 2 aromatic rings. The fourth-order valence-corrected chi connectivity index (χ4v) is 1.52. The van der Waals surface area contributed by atoms with Crippen molar-refractivity contribution in [2.75, 3.05) is 11.9 Å². The number of aromatic nitrogens is 2. The predicted octanol–water partition coefficient (Wildman–Crippen LogP) is 1.65. The Hall–Kier alpha value is -2.90. The van der Waals surface area contributed by atoms with Crippen LogP contribution >= 0.6 is 0 Å². The molecule has 0 saturated heterocycles. The molecule has 0 radical (unpaired) electrons. The molecular formula is C13H12FN3O4. The molecule has 1 heterocycles. The minimum Gasteiger partial charge on any atom is -0.490 e. The highest BCUT2D eigenvalue weighted by Crippen LogP contribution is 2.15. The number of rotatable bonds is 6. The van der Waals surface area contributed by atoms with Crippen LogP contribution in [0.25, 0.3) is 0 Å². The van der Waals surface area contributed by atoms with E-state index in [1.807, 2.05) is 0 Å². The van der Waals surface area contributed by atoms with Crippen molar-refractivity contribution in [2.24, 2.45) is 0 Å². The van der Waals surface area contributed by atoms with Gasteiger partial charge >= 0.3 is 5.97 Å². The van der Waals surface area contributed by atoms with Gasteiger partial charge in [0.05, 0.1) is 13.0 Å². The van der Waals surface area contributed by atoms with Crippen LogP contribution in [0.15, 0.2) is 30.3 Å². The number of carbonyl (C=O) groups is 2. The van der Waals surface area contributed by atoms with E-state index in [-0.39, 0.29) is 30.3 Å². The number of hydrogen-bond acceptors (Lipinski definition) is 4. The second-order valence-corrected chi connectivity index (χ2v) is 4.05. The Balaban J connectivity index is 1.79. The lowest BCUT2D eigenvalue weighted by atomic mass is 10.3. The third-order valence-corrected chi connectivity index (χ3v) is 2.50. The molecular weight excluding hydrogens is 281 g/mol. The number of nitrogens with one attached hydrogen (secondary N) is 2. The highest BCUT2D eigenvalue weighted by Gasteiger charge is 2.10. The lowest BCUT2D eigenvalue weighted by Crippen LogP contribution is -2.15. The number of para-hydroxylation sites is 1. The molecule has 0 saturated carbocycles. The first-order valence-electron chi connectivity index (χ1n) is 6.02. The molecule has 1 aromatic carbocycles. The Morgan fingerprint density at radius 1 is 1.38 bits per heavy atom. The lowest BCUT2D eigenvalue weighted by Gasteiger charge is -2.06. The van der Waals surface area contributed by atoms with E-state index in [0.717, 1.165) is 0 Å². The molecule has 0 spiro atoms. The summed E-state index contributed by atoms with van der Waals surface area (Å²) in [7, 11) is 0. The predicted molar refractivity (Wildman–Crippen MR) is 70.7 cm³/mol. The first-order chi connectivity index (χ1) is 10.1. The number of H-pyrrole nitrogens is 1. The number of carboxylic acids is 1. The molecule has 1 amide bonds. The van der Waals surface area contributed by atoms with Gasteiger partial charge in [0, 0.05) is 6.07 Å². The van der Waals surface area contributed by atoms with E-state index in [0.29, 0.717) is 0 Å². The van der Waals surface area contributed by atoms with E-state index in [9.17, 15) is 14.0 Å². The second-order valence-electron chi connectivity index (χ2n) is 4.05. The number of nitrogens with zero attached hydrogens (tertiary/aromatic N) is 1. The number of benzene rings is 1. The van der Waals surface area contributed by atoms with Crippen LogP contribution in [0.2, 0.25) is 0 Å². The normalized spacial score (nSPS) is 10.1. The quantitative estimate of drug-likeness (QED) is 0.751. The Morgan fingerprint density at radius 3 is 2.81 bits per heavy atom. The van der Waals surface area contributed by atoms with Crippen molar-refractivity contribution in [3.8, 4) is 5.75 Å². The third kappa shape index (κ3) is 4.03. The second kappa shape index (κ2) is 6.51. The number of aromatic amines is 1. The van der Waals surface area contributed by atoms with Crippen molar-refractivity contribution in [1.29, 1.82) is 0 Å². The summed E-state index contributed by atoms with van der Waals surface area (Å²) in [5, 5.41) is 17.0. The van der Waals surface area contributed by atoms with Crippen LogP contribution in [0.1, 0.15) is 16.9 Å². The minimum atomic E-state index is -1.18. The van der Waals surface area contributed by atoms with Gasteiger partial charge in [0.25, 0.3) is 0 Å². The van der Waals surface area contributed by atoms with Crippen LogP contribution < -0.4 is 10.1 Å². The van der Waals surface area contributed by atoms with Gasteiger partial charge in [-0.25, -0.2) is 9.18 Å². The zero-order chi connectivity index (χ0) is 15.2. The standard InChI is InChI=1S/C13H12FN3O4/c14-8-3-1-2-4-10(8)21-6-5-12(18)15-11-7-9(13(19)20)16-17-11/h1-4,7H,5-6H2,(H,19,20)(H2,15,16,17,18). The molecule has 2 rings (SSSR count). The average molecular weight is 293 g/mol. The van der Waals surface area contributed by atoms with Gasteiger partial charge in [-0.15, -0.1) is 0 Å². The minimum absolute atomic E-state index is 0.0109. The molecule has 7 nitrogen and oxygen atoms in total. The molecule has 0 bridgehead atoms.